The van der Waals surface area contributed by atoms with Crippen LogP contribution in [0.4, 0.5) is 0 Å². The molecule has 0 unspecified atom stereocenters. The fourth-order valence-electron chi connectivity index (χ4n) is 1.02. The largest absolute Gasteiger partial charge is 5.00 e. The van der Waals surface area contributed by atoms with Gasteiger partial charge in [-0.25, -0.2) is 0 Å². The topological polar surface area (TPSA) is 201 Å². The van der Waals surface area contributed by atoms with E-state index in [0.717, 1.165) is 0 Å². The molecule has 0 amide bonds. The third kappa shape index (κ3) is 112. The van der Waals surface area contributed by atoms with Crippen LogP contribution < -0.4 is 25.5 Å². The predicted molar refractivity (Wildman–Crippen MR) is 99.6 cm³/mol. The Labute approximate surface area is 200 Å². The van der Waals surface area contributed by atoms with Crippen molar-refractivity contribution in [3.8, 4) is 0 Å². The summed E-state index contributed by atoms with van der Waals surface area (Å²) in [6.45, 7) is 9.01. The summed E-state index contributed by atoms with van der Waals surface area (Å²) in [5.74, 6) is -4.80. The third-order valence-corrected chi connectivity index (χ3v) is 2.27. The van der Waals surface area contributed by atoms with E-state index in [0.29, 0.717) is 32.1 Å². The summed E-state index contributed by atoms with van der Waals surface area (Å²) in [5, 5.41) is 47.4. The monoisotopic (exact) mass is 528 g/mol. The fourth-order valence-corrected chi connectivity index (χ4v) is 1.02. The first kappa shape index (κ1) is 43.1. The van der Waals surface area contributed by atoms with Gasteiger partial charge >= 0.3 is 22.4 Å². The van der Waals surface area contributed by atoms with Gasteiger partial charge in [-0.05, 0) is 32.1 Å². The van der Waals surface area contributed by atoms with Crippen LogP contribution in [0.1, 0.15) is 98.8 Å². The van der Waals surface area contributed by atoms with Gasteiger partial charge in [0.15, 0.2) is 0 Å². The molecule has 0 aliphatic rings. The molecule has 0 bridgehead atoms. The van der Waals surface area contributed by atoms with E-state index in [4.69, 9.17) is 0 Å². The summed E-state index contributed by atoms with van der Waals surface area (Å²) in [6.07, 6.45) is 4.25. The number of rotatable bonds is 10. The first-order valence-corrected chi connectivity index (χ1v) is 9.84. The summed E-state index contributed by atoms with van der Waals surface area (Å²) in [5.41, 5.74) is 0. The van der Waals surface area contributed by atoms with E-state index >= 15 is 0 Å². The Morgan fingerprint density at radius 3 is 0.484 bits per heavy atom. The van der Waals surface area contributed by atoms with Gasteiger partial charge in [-0.15, -0.1) is 0 Å². The predicted octanol–water partition coefficient (Wildman–Crippen LogP) is -2.32. The number of carboxylic acids is 5. The molecule has 0 aromatic rings. The van der Waals surface area contributed by atoms with Gasteiger partial charge in [-0.3, -0.25) is 0 Å². The van der Waals surface area contributed by atoms with Crippen LogP contribution in [0.2, 0.25) is 0 Å². The Kier molecular flexibility index (Phi) is 53.7. The van der Waals surface area contributed by atoms with Gasteiger partial charge in [0.05, 0.1) is 0 Å². The Morgan fingerprint density at radius 2 is 0.484 bits per heavy atom. The summed E-state index contributed by atoms with van der Waals surface area (Å²) in [7, 11) is 0. The second kappa shape index (κ2) is 38.7. The van der Waals surface area contributed by atoms with Crippen molar-refractivity contribution in [1.29, 1.82) is 0 Å². The van der Waals surface area contributed by atoms with Crippen LogP contribution in [-0.4, -0.2) is 29.8 Å². The molecule has 0 saturated heterocycles. The van der Waals surface area contributed by atoms with Gasteiger partial charge in [-0.2, -0.15) is 0 Å². The molecule has 11 heteroatoms. The average molecular weight is 528 g/mol. The van der Waals surface area contributed by atoms with Crippen molar-refractivity contribution >= 4 is 29.8 Å². The number of hydrogen-bond acceptors (Lipinski definition) is 10. The van der Waals surface area contributed by atoms with E-state index in [1.807, 2.05) is 0 Å². The molecule has 0 radical (unpaired) electrons. The molecule has 0 aromatic heterocycles. The van der Waals surface area contributed by atoms with Crippen LogP contribution in [0.25, 0.3) is 0 Å². The van der Waals surface area contributed by atoms with Crippen molar-refractivity contribution in [2.24, 2.45) is 0 Å². The molecule has 0 spiro atoms. The van der Waals surface area contributed by atoms with E-state index < -0.39 is 29.8 Å². The minimum absolute atomic E-state index is 0. The molecule has 0 fully saturated rings. The first-order valence-electron chi connectivity index (χ1n) is 9.84. The zero-order valence-electron chi connectivity index (χ0n) is 19.1. The molecule has 0 aromatic carbocycles. The summed E-state index contributed by atoms with van der Waals surface area (Å²) >= 11 is 0. The first-order chi connectivity index (χ1) is 13.9. The molecule has 31 heavy (non-hydrogen) atoms. The zero-order valence-corrected chi connectivity index (χ0v) is 21.3. The van der Waals surface area contributed by atoms with Crippen molar-refractivity contribution in [2.75, 3.05) is 0 Å². The third-order valence-electron chi connectivity index (χ3n) is 2.27. The maximum absolute atomic E-state index is 9.49. The van der Waals surface area contributed by atoms with Crippen molar-refractivity contribution in [2.45, 2.75) is 98.8 Å². The number of carbonyl (C=O) groups is 5. The number of carbonyl (C=O) groups excluding carboxylic acids is 5. The number of carboxylic acid groups (broad SMARTS) is 5. The second-order valence-electron chi connectivity index (χ2n) is 5.61. The second-order valence-corrected chi connectivity index (χ2v) is 5.61. The summed E-state index contributed by atoms with van der Waals surface area (Å²) < 4.78 is 0. The summed E-state index contributed by atoms with van der Waals surface area (Å²) in [6, 6.07) is 0. The minimum Gasteiger partial charge on any atom is -0.550 e. The van der Waals surface area contributed by atoms with Gasteiger partial charge in [-0.1, -0.05) is 66.7 Å². The quantitative estimate of drug-likeness (QED) is 0.277. The van der Waals surface area contributed by atoms with Gasteiger partial charge in [0, 0.05) is 29.8 Å². The Hall–Kier alpha value is -1.91. The van der Waals surface area contributed by atoms with E-state index in [-0.39, 0.29) is 54.5 Å². The van der Waals surface area contributed by atoms with Crippen LogP contribution >= 0.6 is 0 Å². The minimum atomic E-state index is -0.961. The smallest absolute Gasteiger partial charge is 0.550 e. The van der Waals surface area contributed by atoms with Crippen LogP contribution in [0.3, 0.4) is 0 Å². The molecule has 0 heterocycles. The van der Waals surface area contributed by atoms with Crippen molar-refractivity contribution < 1.29 is 71.9 Å². The molecule has 0 N–H and O–H groups in total. The molecule has 10 nitrogen and oxygen atoms in total. The molecular weight excluding hydrogens is 493 g/mol. The van der Waals surface area contributed by atoms with E-state index in [2.05, 4.69) is 0 Å². The SMILES string of the molecule is CCCC(=O)[O-].CCCC(=O)[O-].CCCC(=O)[O-].CCCC(=O)[O-].CCCC(=O)[O-].[Nb+5]. The molecule has 180 valence electrons. The zero-order chi connectivity index (χ0) is 25.0. The maximum atomic E-state index is 9.49. The Balaban J connectivity index is -0.0000000625. The van der Waals surface area contributed by atoms with Crippen LogP contribution in [0.15, 0.2) is 0 Å². The Bertz CT molecular complexity index is 347. The van der Waals surface area contributed by atoms with E-state index in [1.165, 1.54) is 0 Å². The molecule has 0 rings (SSSR count). The van der Waals surface area contributed by atoms with Gasteiger partial charge in [0.1, 0.15) is 0 Å². The van der Waals surface area contributed by atoms with Crippen molar-refractivity contribution in [3.05, 3.63) is 0 Å². The average Bonchev–Trinajstić information content (AvgIpc) is 2.56. The number of hydrogen-bond donors (Lipinski definition) is 0. The fraction of sp³-hybridized carbons (Fsp3) is 0.750. The van der Waals surface area contributed by atoms with Crippen LogP contribution in [0, 0.1) is 0 Å². The molecular formula is C20H35NbO10. The van der Waals surface area contributed by atoms with Crippen molar-refractivity contribution in [1.82, 2.24) is 0 Å². The van der Waals surface area contributed by atoms with E-state index in [9.17, 15) is 49.5 Å². The van der Waals surface area contributed by atoms with E-state index in [1.54, 1.807) is 34.6 Å². The van der Waals surface area contributed by atoms with Crippen molar-refractivity contribution in [3.63, 3.8) is 0 Å². The molecule has 0 atom stereocenters. The van der Waals surface area contributed by atoms with Gasteiger partial charge in [0.25, 0.3) is 0 Å². The standard InChI is InChI=1S/5C4H8O2.Nb/c5*1-2-3-4(5)6;/h5*2-3H2,1H3,(H,5,6);/q;;;;;+5/p-5. The normalized spacial score (nSPS) is 7.90. The van der Waals surface area contributed by atoms with Gasteiger partial charge in [0.2, 0.25) is 0 Å². The molecule has 0 aliphatic carbocycles. The summed E-state index contributed by atoms with van der Waals surface area (Å²) in [4.78, 5) is 47.4. The van der Waals surface area contributed by atoms with Gasteiger partial charge < -0.3 is 49.5 Å². The van der Waals surface area contributed by atoms with Crippen LogP contribution in [-0.2, 0) is 46.4 Å². The van der Waals surface area contributed by atoms with Crippen LogP contribution in [0.5, 0.6) is 0 Å². The Morgan fingerprint density at radius 1 is 0.387 bits per heavy atom. The maximum Gasteiger partial charge on any atom is 5.00 e. The molecule has 0 saturated carbocycles. The molecule has 0 aliphatic heterocycles. The number of aliphatic carboxylic acids is 5.